The van der Waals surface area contributed by atoms with Gasteiger partial charge in [0.05, 0.1) is 25.6 Å². The van der Waals surface area contributed by atoms with Gasteiger partial charge in [-0.3, -0.25) is 0 Å². The lowest BCUT2D eigenvalue weighted by molar-refractivity contribution is -0.187. The molecule has 5 nitrogen and oxygen atoms in total. The van der Waals surface area contributed by atoms with Crippen LogP contribution in [0.5, 0.6) is 11.5 Å². The van der Waals surface area contributed by atoms with E-state index in [1.807, 2.05) is 41.1 Å². The molecule has 1 aliphatic rings. The summed E-state index contributed by atoms with van der Waals surface area (Å²) in [6.07, 6.45) is 6.48. The second kappa shape index (κ2) is 7.78. The molecule has 2 unspecified atom stereocenters. The van der Waals surface area contributed by atoms with E-state index in [2.05, 4.69) is 37.9 Å². The van der Waals surface area contributed by atoms with E-state index in [-0.39, 0.29) is 6.10 Å². The van der Waals surface area contributed by atoms with Crippen molar-refractivity contribution in [2.45, 2.75) is 45.6 Å². The summed E-state index contributed by atoms with van der Waals surface area (Å²) >= 11 is 0. The average Bonchev–Trinajstić information content (AvgIpc) is 3.35. The van der Waals surface area contributed by atoms with Crippen LogP contribution in [0, 0.1) is 13.8 Å². The number of aryl methyl sites for hydroxylation is 2. The Hall–Kier alpha value is -2.63. The van der Waals surface area contributed by atoms with Crippen LogP contribution in [-0.4, -0.2) is 22.3 Å². The summed E-state index contributed by atoms with van der Waals surface area (Å²) in [5, 5.41) is 0. The van der Waals surface area contributed by atoms with Gasteiger partial charge in [0.1, 0.15) is 11.5 Å². The van der Waals surface area contributed by atoms with Gasteiger partial charge < -0.3 is 18.8 Å². The van der Waals surface area contributed by atoms with Gasteiger partial charge in [0, 0.05) is 18.0 Å². The SMILES string of the molecule is CCC1COC(Cn2ccnc2)(c2ccc(Oc3ccc(C)cc3C)cc2)O1. The number of benzene rings is 2. The lowest BCUT2D eigenvalue weighted by Gasteiger charge is -2.29. The van der Waals surface area contributed by atoms with E-state index in [4.69, 9.17) is 14.2 Å². The van der Waals surface area contributed by atoms with Crippen molar-refractivity contribution < 1.29 is 14.2 Å². The predicted molar refractivity (Wildman–Crippen MR) is 107 cm³/mol. The zero-order valence-corrected chi connectivity index (χ0v) is 16.6. The molecule has 0 bridgehead atoms. The molecule has 2 heterocycles. The van der Waals surface area contributed by atoms with Crippen LogP contribution < -0.4 is 4.74 Å². The molecule has 0 radical (unpaired) electrons. The largest absolute Gasteiger partial charge is 0.457 e. The maximum Gasteiger partial charge on any atom is 0.213 e. The number of hydrogen-bond acceptors (Lipinski definition) is 4. The fourth-order valence-electron chi connectivity index (χ4n) is 3.53. The van der Waals surface area contributed by atoms with Crippen LogP contribution in [0.4, 0.5) is 0 Å². The Morgan fingerprint density at radius 3 is 2.64 bits per heavy atom. The fraction of sp³-hybridized carbons (Fsp3) is 0.348. The van der Waals surface area contributed by atoms with Crippen molar-refractivity contribution in [1.29, 1.82) is 0 Å². The van der Waals surface area contributed by atoms with Gasteiger partial charge in [0.2, 0.25) is 5.79 Å². The molecule has 2 atom stereocenters. The van der Waals surface area contributed by atoms with Gasteiger partial charge in [0.25, 0.3) is 0 Å². The molecule has 146 valence electrons. The number of aromatic nitrogens is 2. The van der Waals surface area contributed by atoms with Gasteiger partial charge >= 0.3 is 0 Å². The van der Waals surface area contributed by atoms with Crippen molar-refractivity contribution in [1.82, 2.24) is 9.55 Å². The highest BCUT2D eigenvalue weighted by Crippen LogP contribution is 2.38. The summed E-state index contributed by atoms with van der Waals surface area (Å²) < 4.78 is 20.6. The number of imidazole rings is 1. The highest BCUT2D eigenvalue weighted by molar-refractivity contribution is 5.40. The Bertz CT molecular complexity index is 922. The Morgan fingerprint density at radius 1 is 1.18 bits per heavy atom. The highest BCUT2D eigenvalue weighted by Gasteiger charge is 2.43. The Morgan fingerprint density at radius 2 is 2.00 bits per heavy atom. The topological polar surface area (TPSA) is 45.5 Å². The van der Waals surface area contributed by atoms with Crippen LogP contribution in [0.25, 0.3) is 0 Å². The summed E-state index contributed by atoms with van der Waals surface area (Å²) in [4.78, 5) is 4.14. The van der Waals surface area contributed by atoms with Crippen LogP contribution in [0.3, 0.4) is 0 Å². The van der Waals surface area contributed by atoms with Gasteiger partial charge in [-0.05, 0) is 56.2 Å². The minimum Gasteiger partial charge on any atom is -0.457 e. The Kier molecular flexibility index (Phi) is 5.20. The summed E-state index contributed by atoms with van der Waals surface area (Å²) in [5.74, 6) is 0.851. The minimum atomic E-state index is -0.806. The molecule has 0 saturated carbocycles. The van der Waals surface area contributed by atoms with Gasteiger partial charge in [-0.1, -0.05) is 24.6 Å². The van der Waals surface area contributed by atoms with Crippen molar-refractivity contribution in [3.8, 4) is 11.5 Å². The second-order valence-electron chi connectivity index (χ2n) is 7.34. The van der Waals surface area contributed by atoms with Crippen molar-refractivity contribution in [3.05, 3.63) is 77.9 Å². The van der Waals surface area contributed by atoms with Crippen LogP contribution in [0.2, 0.25) is 0 Å². The first-order valence-corrected chi connectivity index (χ1v) is 9.71. The molecule has 3 aromatic rings. The normalized spacial score (nSPS) is 21.8. The van der Waals surface area contributed by atoms with Crippen LogP contribution in [0.15, 0.2) is 61.2 Å². The zero-order chi connectivity index (χ0) is 19.6. The zero-order valence-electron chi connectivity index (χ0n) is 16.6. The molecule has 0 amide bonds. The maximum absolute atomic E-state index is 6.34. The fourth-order valence-corrected chi connectivity index (χ4v) is 3.53. The molecule has 1 aliphatic heterocycles. The first-order chi connectivity index (χ1) is 13.6. The molecule has 0 aliphatic carbocycles. The van der Waals surface area contributed by atoms with Crippen LogP contribution in [-0.2, 0) is 21.8 Å². The van der Waals surface area contributed by atoms with Crippen LogP contribution >= 0.6 is 0 Å². The summed E-state index contributed by atoms with van der Waals surface area (Å²) in [7, 11) is 0. The summed E-state index contributed by atoms with van der Waals surface area (Å²) in [6, 6.07) is 14.2. The van der Waals surface area contributed by atoms with Gasteiger partial charge in [-0.25, -0.2) is 4.98 Å². The van der Waals surface area contributed by atoms with Crippen molar-refractivity contribution in [2.75, 3.05) is 6.61 Å². The number of hydrogen-bond donors (Lipinski definition) is 0. The van der Waals surface area contributed by atoms with E-state index in [0.29, 0.717) is 13.2 Å². The first kappa shape index (κ1) is 18.7. The molecular weight excluding hydrogens is 352 g/mol. The van der Waals surface area contributed by atoms with E-state index in [1.165, 1.54) is 5.56 Å². The molecule has 1 fully saturated rings. The molecule has 2 aromatic carbocycles. The number of nitrogens with zero attached hydrogens (tertiary/aromatic N) is 2. The average molecular weight is 378 g/mol. The molecule has 28 heavy (non-hydrogen) atoms. The lowest BCUT2D eigenvalue weighted by Crippen LogP contribution is -2.33. The predicted octanol–water partition coefficient (Wildman–Crippen LogP) is 4.97. The van der Waals surface area contributed by atoms with E-state index in [9.17, 15) is 0 Å². The molecule has 1 saturated heterocycles. The standard InChI is InChI=1S/C23H26N2O3/c1-4-20-14-26-23(28-20,15-25-12-11-24-16-25)19-6-8-21(9-7-19)27-22-10-5-17(2)13-18(22)3/h5-13,16,20H,4,14-15H2,1-3H3. The van der Waals surface area contributed by atoms with E-state index >= 15 is 0 Å². The van der Waals surface area contributed by atoms with E-state index < -0.39 is 5.79 Å². The Labute approximate surface area is 165 Å². The van der Waals surface area contributed by atoms with E-state index in [0.717, 1.165) is 29.0 Å². The van der Waals surface area contributed by atoms with Crippen molar-refractivity contribution in [2.24, 2.45) is 0 Å². The smallest absolute Gasteiger partial charge is 0.213 e. The molecule has 5 heteroatoms. The third-order valence-corrected chi connectivity index (χ3v) is 5.12. The molecule has 0 N–H and O–H groups in total. The quantitative estimate of drug-likeness (QED) is 0.607. The van der Waals surface area contributed by atoms with Gasteiger partial charge in [0.15, 0.2) is 0 Å². The summed E-state index contributed by atoms with van der Waals surface area (Å²) in [5.41, 5.74) is 3.32. The molecule has 4 rings (SSSR count). The second-order valence-corrected chi connectivity index (χ2v) is 7.34. The lowest BCUT2D eigenvalue weighted by atomic mass is 10.1. The van der Waals surface area contributed by atoms with E-state index in [1.54, 1.807) is 12.5 Å². The minimum absolute atomic E-state index is 0.0923. The molecular formula is C23H26N2O3. The van der Waals surface area contributed by atoms with Crippen molar-refractivity contribution >= 4 is 0 Å². The Balaban J connectivity index is 1.57. The monoisotopic (exact) mass is 378 g/mol. The van der Waals surface area contributed by atoms with Crippen LogP contribution in [0.1, 0.15) is 30.0 Å². The molecule has 0 spiro atoms. The number of rotatable bonds is 6. The maximum atomic E-state index is 6.34. The highest BCUT2D eigenvalue weighted by atomic mass is 16.7. The van der Waals surface area contributed by atoms with Gasteiger partial charge in [-0.2, -0.15) is 0 Å². The van der Waals surface area contributed by atoms with Gasteiger partial charge in [-0.15, -0.1) is 0 Å². The third kappa shape index (κ3) is 3.81. The number of ether oxygens (including phenoxy) is 3. The van der Waals surface area contributed by atoms with Crippen molar-refractivity contribution in [3.63, 3.8) is 0 Å². The third-order valence-electron chi connectivity index (χ3n) is 5.12. The summed E-state index contributed by atoms with van der Waals surface area (Å²) in [6.45, 7) is 7.40. The first-order valence-electron chi connectivity index (χ1n) is 9.71. The molecule has 1 aromatic heterocycles.